The van der Waals surface area contributed by atoms with Crippen molar-refractivity contribution >= 4 is 23.6 Å². The highest BCUT2D eigenvalue weighted by atomic mass is 16.5. The lowest BCUT2D eigenvalue weighted by Gasteiger charge is -2.12. The molecule has 0 saturated heterocycles. The fraction of sp³-hybridized carbons (Fsp3) is 0.190. The van der Waals surface area contributed by atoms with Crippen LogP contribution in [0.25, 0.3) is 6.08 Å². The molecule has 29 heavy (non-hydrogen) atoms. The molecule has 8 heteroatoms. The number of anilines is 1. The third-order valence-electron chi connectivity index (χ3n) is 3.61. The highest BCUT2D eigenvalue weighted by Gasteiger charge is 2.12. The Bertz CT molecular complexity index is 962. The first-order valence-electron chi connectivity index (χ1n) is 8.63. The third kappa shape index (κ3) is 6.29. The number of nitriles is 1. The van der Waals surface area contributed by atoms with Crippen LogP contribution >= 0.6 is 0 Å². The van der Waals surface area contributed by atoms with Crippen molar-refractivity contribution in [2.75, 3.05) is 25.6 Å². The van der Waals surface area contributed by atoms with Crippen LogP contribution in [0.1, 0.15) is 12.5 Å². The molecule has 0 aliphatic carbocycles. The summed E-state index contributed by atoms with van der Waals surface area (Å²) in [4.78, 5) is 23.0. The predicted molar refractivity (Wildman–Crippen MR) is 103 cm³/mol. The van der Waals surface area contributed by atoms with Gasteiger partial charge in [0.05, 0.1) is 19.7 Å². The van der Waals surface area contributed by atoms with E-state index in [-0.39, 0.29) is 17.1 Å². The summed E-state index contributed by atoms with van der Waals surface area (Å²) in [5.74, 6) is -0.901. The van der Waals surface area contributed by atoms with Gasteiger partial charge in [0, 0.05) is 11.8 Å². The lowest BCUT2D eigenvalue weighted by Crippen LogP contribution is -2.29. The van der Waals surface area contributed by atoms with E-state index in [1.165, 1.54) is 25.3 Å². The molecule has 2 rings (SSSR count). The lowest BCUT2D eigenvalue weighted by molar-refractivity contribution is -0.307. The van der Waals surface area contributed by atoms with E-state index < -0.39 is 18.5 Å². The number of benzene rings is 2. The maximum Gasteiger partial charge on any atom is 0.266 e. The van der Waals surface area contributed by atoms with Crippen LogP contribution in [0.4, 0.5) is 5.69 Å². The summed E-state index contributed by atoms with van der Waals surface area (Å²) in [6, 6.07) is 13.2. The Morgan fingerprint density at radius 3 is 2.62 bits per heavy atom. The molecule has 8 nitrogen and oxygen atoms in total. The molecule has 0 atom stereocenters. The lowest BCUT2D eigenvalue weighted by atomic mass is 10.1. The van der Waals surface area contributed by atoms with Gasteiger partial charge in [-0.25, -0.2) is 0 Å². The standard InChI is InChI=1S/C21H20N2O6/c1-3-28-17-6-4-5-16(11-17)23-21(26)15(12-22)9-14-7-8-18(19(10-14)27-2)29-13-20(24)25/h4-11H,3,13H2,1-2H3,(H,23,26)(H,24,25)/p-1/b15-9+. The van der Waals surface area contributed by atoms with Gasteiger partial charge in [-0.3, -0.25) is 4.79 Å². The second kappa shape index (κ2) is 10.4. The summed E-state index contributed by atoms with van der Waals surface area (Å²) in [5.41, 5.74) is 0.861. The van der Waals surface area contributed by atoms with Crippen molar-refractivity contribution in [3.63, 3.8) is 0 Å². The van der Waals surface area contributed by atoms with Crippen molar-refractivity contribution in [2.45, 2.75) is 6.92 Å². The van der Waals surface area contributed by atoms with Gasteiger partial charge in [0.15, 0.2) is 11.5 Å². The van der Waals surface area contributed by atoms with E-state index in [0.29, 0.717) is 23.6 Å². The highest BCUT2D eigenvalue weighted by molar-refractivity contribution is 6.09. The number of carboxylic acid groups (broad SMARTS) is 1. The van der Waals surface area contributed by atoms with E-state index in [4.69, 9.17) is 14.2 Å². The number of carbonyl (C=O) groups is 2. The number of nitrogens with zero attached hydrogens (tertiary/aromatic N) is 1. The van der Waals surface area contributed by atoms with Crippen molar-refractivity contribution in [1.82, 2.24) is 0 Å². The summed E-state index contributed by atoms with van der Waals surface area (Å²) in [6.45, 7) is 1.72. The number of methoxy groups -OCH3 is 1. The zero-order valence-corrected chi connectivity index (χ0v) is 15.9. The highest BCUT2D eigenvalue weighted by Crippen LogP contribution is 2.29. The predicted octanol–water partition coefficient (Wildman–Crippen LogP) is 1.77. The minimum Gasteiger partial charge on any atom is -0.546 e. The Kier molecular flexibility index (Phi) is 7.62. The van der Waals surface area contributed by atoms with E-state index in [1.807, 2.05) is 13.0 Å². The second-order valence-electron chi connectivity index (χ2n) is 5.66. The van der Waals surface area contributed by atoms with Gasteiger partial charge < -0.3 is 29.4 Å². The molecule has 150 valence electrons. The maximum absolute atomic E-state index is 12.4. The van der Waals surface area contributed by atoms with E-state index in [2.05, 4.69) is 5.32 Å². The van der Waals surface area contributed by atoms with Crippen LogP contribution in [0, 0.1) is 11.3 Å². The Balaban J connectivity index is 2.20. The SMILES string of the molecule is CCOc1cccc(NC(=O)/C(C#N)=C/c2ccc(OCC(=O)[O-])c(OC)c2)c1. The van der Waals surface area contributed by atoms with Crippen molar-refractivity contribution in [1.29, 1.82) is 5.26 Å². The van der Waals surface area contributed by atoms with Crippen molar-refractivity contribution in [2.24, 2.45) is 0 Å². The normalized spacial score (nSPS) is 10.6. The zero-order chi connectivity index (χ0) is 21.2. The fourth-order valence-electron chi connectivity index (χ4n) is 2.37. The number of aliphatic carboxylic acids is 1. The van der Waals surface area contributed by atoms with Gasteiger partial charge in [-0.2, -0.15) is 5.26 Å². The van der Waals surface area contributed by atoms with Crippen molar-refractivity contribution in [3.8, 4) is 23.3 Å². The van der Waals surface area contributed by atoms with Crippen LogP contribution in [0.5, 0.6) is 17.2 Å². The number of carboxylic acids is 1. The van der Waals surface area contributed by atoms with Gasteiger partial charge >= 0.3 is 0 Å². The average molecular weight is 395 g/mol. The third-order valence-corrected chi connectivity index (χ3v) is 3.61. The molecule has 0 heterocycles. The molecule has 0 aromatic heterocycles. The van der Waals surface area contributed by atoms with Gasteiger partial charge in [0.25, 0.3) is 5.91 Å². The van der Waals surface area contributed by atoms with Crippen LogP contribution in [0.2, 0.25) is 0 Å². The van der Waals surface area contributed by atoms with Crippen molar-refractivity contribution in [3.05, 3.63) is 53.6 Å². The summed E-state index contributed by atoms with van der Waals surface area (Å²) in [5, 5.41) is 22.5. The van der Waals surface area contributed by atoms with Crippen LogP contribution in [0.15, 0.2) is 48.0 Å². The van der Waals surface area contributed by atoms with Gasteiger partial charge in [-0.15, -0.1) is 0 Å². The van der Waals surface area contributed by atoms with Crippen LogP contribution in [-0.2, 0) is 9.59 Å². The average Bonchev–Trinajstić information content (AvgIpc) is 2.71. The molecule has 0 saturated carbocycles. The Morgan fingerprint density at radius 1 is 1.17 bits per heavy atom. The first kappa shape index (κ1) is 21.3. The number of nitrogens with one attached hydrogen (secondary N) is 1. The Hall–Kier alpha value is -3.99. The Labute approximate surface area is 167 Å². The molecule has 0 aliphatic rings. The van der Waals surface area contributed by atoms with E-state index >= 15 is 0 Å². The van der Waals surface area contributed by atoms with Crippen LogP contribution < -0.4 is 24.6 Å². The number of ether oxygens (including phenoxy) is 3. The maximum atomic E-state index is 12.4. The zero-order valence-electron chi connectivity index (χ0n) is 15.9. The number of rotatable bonds is 9. The molecule has 0 aliphatic heterocycles. The number of carbonyl (C=O) groups excluding carboxylic acids is 2. The van der Waals surface area contributed by atoms with E-state index in [9.17, 15) is 20.0 Å². The summed E-state index contributed by atoms with van der Waals surface area (Å²) in [7, 11) is 1.39. The molecule has 0 unspecified atom stereocenters. The molecule has 0 radical (unpaired) electrons. The molecule has 2 aromatic carbocycles. The van der Waals surface area contributed by atoms with Crippen LogP contribution in [0.3, 0.4) is 0 Å². The summed E-state index contributed by atoms with van der Waals surface area (Å²) >= 11 is 0. The molecule has 1 amide bonds. The number of hydrogen-bond donors (Lipinski definition) is 1. The first-order chi connectivity index (χ1) is 14.0. The van der Waals surface area contributed by atoms with Gasteiger partial charge in [-0.1, -0.05) is 12.1 Å². The minimum atomic E-state index is -1.37. The van der Waals surface area contributed by atoms with Crippen molar-refractivity contribution < 1.29 is 28.9 Å². The first-order valence-corrected chi connectivity index (χ1v) is 8.63. The largest absolute Gasteiger partial charge is 0.546 e. The molecule has 0 fully saturated rings. The quantitative estimate of drug-likeness (QED) is 0.507. The number of hydrogen-bond acceptors (Lipinski definition) is 7. The molecule has 1 N–H and O–H groups in total. The smallest absolute Gasteiger partial charge is 0.266 e. The van der Waals surface area contributed by atoms with Gasteiger partial charge in [0.1, 0.15) is 24.0 Å². The van der Waals surface area contributed by atoms with Crippen LogP contribution in [-0.4, -0.2) is 32.2 Å². The molecule has 0 bridgehead atoms. The number of amides is 1. The van der Waals surface area contributed by atoms with E-state index in [0.717, 1.165) is 0 Å². The molecular weight excluding hydrogens is 376 g/mol. The second-order valence-corrected chi connectivity index (χ2v) is 5.66. The topological polar surface area (TPSA) is 121 Å². The molecular formula is C21H19N2O6-. The Morgan fingerprint density at radius 2 is 1.97 bits per heavy atom. The fourth-order valence-corrected chi connectivity index (χ4v) is 2.37. The minimum absolute atomic E-state index is 0.128. The molecule has 0 spiro atoms. The molecule has 2 aromatic rings. The van der Waals surface area contributed by atoms with E-state index in [1.54, 1.807) is 30.3 Å². The monoisotopic (exact) mass is 395 g/mol. The van der Waals surface area contributed by atoms with Gasteiger partial charge in [-0.05, 0) is 42.8 Å². The summed E-state index contributed by atoms with van der Waals surface area (Å²) in [6.07, 6.45) is 1.38. The van der Waals surface area contributed by atoms with Gasteiger partial charge in [0.2, 0.25) is 0 Å². The summed E-state index contributed by atoms with van der Waals surface area (Å²) < 4.78 is 15.6.